The number of benzene rings is 1. The van der Waals surface area contributed by atoms with Gasteiger partial charge < -0.3 is 15.1 Å². The number of urea groups is 1. The SMILES string of the molecule is CCN(C)C(=O)[C@H](C)N1CC2=C(C1=O)[C@@H](c1ccccc1C(F)(F)F)NC(=O)N2CC. The summed E-state index contributed by atoms with van der Waals surface area (Å²) in [6.07, 6.45) is -4.65. The summed E-state index contributed by atoms with van der Waals surface area (Å²) >= 11 is 0. The molecule has 1 N–H and O–H groups in total. The van der Waals surface area contributed by atoms with Gasteiger partial charge in [-0.25, -0.2) is 4.79 Å². The fraction of sp³-hybridized carbons (Fsp3) is 0.476. The predicted octanol–water partition coefficient (Wildman–Crippen LogP) is 2.75. The van der Waals surface area contributed by atoms with E-state index in [2.05, 4.69) is 5.32 Å². The lowest BCUT2D eigenvalue weighted by Gasteiger charge is -2.33. The number of rotatable bonds is 5. The van der Waals surface area contributed by atoms with Gasteiger partial charge in [0.05, 0.1) is 29.4 Å². The van der Waals surface area contributed by atoms with Crippen LogP contribution in [0.4, 0.5) is 18.0 Å². The molecule has 2 aliphatic rings. The van der Waals surface area contributed by atoms with E-state index in [0.29, 0.717) is 12.2 Å². The van der Waals surface area contributed by atoms with Gasteiger partial charge >= 0.3 is 12.2 Å². The van der Waals surface area contributed by atoms with Crippen molar-refractivity contribution < 1.29 is 27.6 Å². The Hall–Kier alpha value is -3.04. The van der Waals surface area contributed by atoms with Crippen molar-refractivity contribution in [3.63, 3.8) is 0 Å². The molecule has 1 aromatic carbocycles. The first-order valence-electron chi connectivity index (χ1n) is 10.1. The highest BCUT2D eigenvalue weighted by molar-refractivity contribution is 6.03. The summed E-state index contributed by atoms with van der Waals surface area (Å²) in [6.45, 7) is 5.74. The molecule has 0 radical (unpaired) electrons. The second kappa shape index (κ2) is 8.24. The second-order valence-corrected chi connectivity index (χ2v) is 7.53. The summed E-state index contributed by atoms with van der Waals surface area (Å²) in [5, 5.41) is 2.56. The van der Waals surface area contributed by atoms with Crippen LogP contribution in [0.3, 0.4) is 0 Å². The van der Waals surface area contributed by atoms with E-state index in [1.54, 1.807) is 27.8 Å². The van der Waals surface area contributed by atoms with Crippen molar-refractivity contribution in [2.75, 3.05) is 26.7 Å². The van der Waals surface area contributed by atoms with Crippen LogP contribution in [0.15, 0.2) is 35.5 Å². The minimum atomic E-state index is -4.65. The second-order valence-electron chi connectivity index (χ2n) is 7.53. The van der Waals surface area contributed by atoms with Crippen LogP contribution in [0.2, 0.25) is 0 Å². The molecule has 1 aromatic rings. The van der Waals surface area contributed by atoms with E-state index < -0.39 is 35.8 Å². The molecule has 0 aromatic heterocycles. The molecule has 2 atom stereocenters. The van der Waals surface area contributed by atoms with Crippen LogP contribution >= 0.6 is 0 Å². The molecular formula is C21H25F3N4O3. The first-order valence-corrected chi connectivity index (χ1v) is 10.1. The molecule has 2 aliphatic heterocycles. The largest absolute Gasteiger partial charge is 0.416 e. The first-order chi connectivity index (χ1) is 14.5. The van der Waals surface area contributed by atoms with Crippen molar-refractivity contribution >= 4 is 17.8 Å². The van der Waals surface area contributed by atoms with Crippen molar-refractivity contribution in [1.29, 1.82) is 0 Å². The molecule has 0 saturated heterocycles. The van der Waals surface area contributed by atoms with Gasteiger partial charge in [0.1, 0.15) is 6.04 Å². The number of nitrogens with zero attached hydrogens (tertiary/aromatic N) is 3. The highest BCUT2D eigenvalue weighted by atomic mass is 19.4. The number of alkyl halides is 3. The molecule has 0 bridgehead atoms. The van der Waals surface area contributed by atoms with Gasteiger partial charge in [0.2, 0.25) is 5.91 Å². The minimum Gasteiger partial charge on any atom is -0.344 e. The van der Waals surface area contributed by atoms with Crippen molar-refractivity contribution in [2.24, 2.45) is 0 Å². The Bertz CT molecular complexity index is 944. The molecule has 0 fully saturated rings. The molecule has 2 heterocycles. The van der Waals surface area contributed by atoms with Crippen LogP contribution in [-0.4, -0.2) is 65.3 Å². The Labute approximate surface area is 178 Å². The Morgan fingerprint density at radius 3 is 2.48 bits per heavy atom. The average Bonchev–Trinajstić information content (AvgIpc) is 3.07. The molecule has 168 valence electrons. The number of amides is 4. The minimum absolute atomic E-state index is 0.0232. The summed E-state index contributed by atoms with van der Waals surface area (Å²) in [7, 11) is 1.61. The van der Waals surface area contributed by atoms with Gasteiger partial charge in [-0.2, -0.15) is 13.2 Å². The van der Waals surface area contributed by atoms with Crippen LogP contribution in [0.25, 0.3) is 0 Å². The van der Waals surface area contributed by atoms with Gasteiger partial charge in [-0.15, -0.1) is 0 Å². The quantitative estimate of drug-likeness (QED) is 0.769. The summed E-state index contributed by atoms with van der Waals surface area (Å²) in [5.74, 6) is -0.842. The van der Waals surface area contributed by atoms with E-state index >= 15 is 0 Å². The third-order valence-electron chi connectivity index (χ3n) is 5.82. The highest BCUT2D eigenvalue weighted by Crippen LogP contribution is 2.41. The summed E-state index contributed by atoms with van der Waals surface area (Å²) < 4.78 is 40.9. The van der Waals surface area contributed by atoms with E-state index in [0.717, 1.165) is 6.07 Å². The Morgan fingerprint density at radius 2 is 1.90 bits per heavy atom. The average molecular weight is 438 g/mol. The molecule has 0 aliphatic carbocycles. The highest BCUT2D eigenvalue weighted by Gasteiger charge is 2.48. The van der Waals surface area contributed by atoms with Crippen LogP contribution in [0.5, 0.6) is 0 Å². The molecule has 4 amide bonds. The number of hydrogen-bond acceptors (Lipinski definition) is 3. The zero-order valence-corrected chi connectivity index (χ0v) is 17.8. The van der Waals surface area contributed by atoms with Crippen LogP contribution < -0.4 is 5.32 Å². The third kappa shape index (κ3) is 3.86. The molecule has 3 rings (SSSR count). The Balaban J connectivity index is 2.08. The maximum Gasteiger partial charge on any atom is 0.416 e. The zero-order valence-electron chi connectivity index (χ0n) is 17.8. The maximum absolute atomic E-state index is 13.6. The molecule has 0 unspecified atom stereocenters. The molecule has 7 nitrogen and oxygen atoms in total. The Kier molecular flexibility index (Phi) is 6.02. The molecule has 10 heteroatoms. The fourth-order valence-corrected chi connectivity index (χ4v) is 4.01. The lowest BCUT2D eigenvalue weighted by atomic mass is 9.91. The summed E-state index contributed by atoms with van der Waals surface area (Å²) in [6, 6.07) is 2.21. The van der Waals surface area contributed by atoms with E-state index in [-0.39, 0.29) is 30.1 Å². The number of carbonyl (C=O) groups excluding carboxylic acids is 3. The normalized spacial score (nSPS) is 20.0. The molecule has 31 heavy (non-hydrogen) atoms. The summed E-state index contributed by atoms with van der Waals surface area (Å²) in [5.41, 5.74) is -0.723. The van der Waals surface area contributed by atoms with Gasteiger partial charge in [-0.3, -0.25) is 14.5 Å². The number of halogens is 3. The number of carbonyl (C=O) groups is 3. The van der Waals surface area contributed by atoms with E-state index in [1.807, 2.05) is 0 Å². The standard InChI is InChI=1S/C21H25F3N4O3/c1-5-26(4)18(29)12(3)28-11-15-16(19(28)30)17(25-20(31)27(15)6-2)13-9-7-8-10-14(13)21(22,23)24/h7-10,12,17H,5-6,11H2,1-4H3,(H,25,31)/t12-,17+/m0/s1. The lowest BCUT2D eigenvalue weighted by Crippen LogP contribution is -2.47. The number of likely N-dealkylation sites (N-methyl/N-ethyl adjacent to an activating group) is 2. The van der Waals surface area contributed by atoms with Gasteiger partial charge in [0.15, 0.2) is 0 Å². The maximum atomic E-state index is 13.6. The summed E-state index contributed by atoms with van der Waals surface area (Å²) in [4.78, 5) is 42.8. The molecule has 0 saturated carbocycles. The lowest BCUT2D eigenvalue weighted by molar-refractivity contribution is -0.141. The van der Waals surface area contributed by atoms with Crippen LogP contribution in [0.1, 0.15) is 37.9 Å². The van der Waals surface area contributed by atoms with Crippen molar-refractivity contribution in [1.82, 2.24) is 20.0 Å². The van der Waals surface area contributed by atoms with Crippen LogP contribution in [-0.2, 0) is 15.8 Å². The number of hydrogen-bond donors (Lipinski definition) is 1. The zero-order chi connectivity index (χ0) is 23.1. The van der Waals surface area contributed by atoms with Crippen molar-refractivity contribution in [3.8, 4) is 0 Å². The topological polar surface area (TPSA) is 73.0 Å². The number of nitrogens with one attached hydrogen (secondary N) is 1. The van der Waals surface area contributed by atoms with Crippen molar-refractivity contribution in [2.45, 2.75) is 39.0 Å². The van der Waals surface area contributed by atoms with Gasteiger partial charge in [-0.05, 0) is 32.4 Å². The molecular weight excluding hydrogens is 413 g/mol. The monoisotopic (exact) mass is 438 g/mol. The van der Waals surface area contributed by atoms with Crippen LogP contribution in [0, 0.1) is 0 Å². The Morgan fingerprint density at radius 1 is 1.26 bits per heavy atom. The first kappa shape index (κ1) is 22.6. The van der Waals surface area contributed by atoms with Gasteiger partial charge in [-0.1, -0.05) is 18.2 Å². The third-order valence-corrected chi connectivity index (χ3v) is 5.82. The molecule has 0 spiro atoms. The van der Waals surface area contributed by atoms with E-state index in [4.69, 9.17) is 0 Å². The predicted molar refractivity (Wildman–Crippen MR) is 107 cm³/mol. The van der Waals surface area contributed by atoms with Crippen molar-refractivity contribution in [3.05, 3.63) is 46.7 Å². The van der Waals surface area contributed by atoms with Gasteiger partial charge in [0.25, 0.3) is 5.91 Å². The van der Waals surface area contributed by atoms with Gasteiger partial charge in [0, 0.05) is 20.1 Å². The van der Waals surface area contributed by atoms with E-state index in [1.165, 1.54) is 32.9 Å². The fourth-order valence-electron chi connectivity index (χ4n) is 4.01. The van der Waals surface area contributed by atoms with E-state index in [9.17, 15) is 27.6 Å². The smallest absolute Gasteiger partial charge is 0.344 e.